The van der Waals surface area contributed by atoms with Crippen molar-refractivity contribution in [3.05, 3.63) is 65.1 Å². The molecule has 2 amide bonds. The van der Waals surface area contributed by atoms with Crippen LogP contribution in [0, 0.1) is 12.7 Å². The molecule has 1 heterocycles. The van der Waals surface area contributed by atoms with E-state index in [0.717, 1.165) is 16.9 Å². The lowest BCUT2D eigenvalue weighted by atomic mass is 10.2. The van der Waals surface area contributed by atoms with Crippen LogP contribution in [-0.2, 0) is 0 Å². The summed E-state index contributed by atoms with van der Waals surface area (Å²) >= 11 is 7.18. The average Bonchev–Trinajstić information content (AvgIpc) is 3.00. The fourth-order valence-electron chi connectivity index (χ4n) is 2.21. The van der Waals surface area contributed by atoms with Crippen molar-refractivity contribution in [3.8, 4) is 10.8 Å². The first-order chi connectivity index (χ1) is 12.4. The van der Waals surface area contributed by atoms with Crippen molar-refractivity contribution in [2.24, 2.45) is 0 Å². The lowest BCUT2D eigenvalue weighted by molar-refractivity contribution is 0.258. The fourth-order valence-corrected chi connectivity index (χ4v) is 3.18. The number of ether oxygens (including phenoxy) is 1. The predicted octanol–water partition coefficient (Wildman–Crippen LogP) is 5.70. The van der Waals surface area contributed by atoms with Crippen molar-refractivity contribution >= 4 is 39.8 Å². The highest BCUT2D eigenvalue weighted by molar-refractivity contribution is 7.17. The molecular formula is C18H15ClFN3O2S. The van der Waals surface area contributed by atoms with E-state index in [1.807, 2.05) is 19.1 Å². The number of rotatable bonds is 4. The number of carbonyl (C=O) groups excluding carboxylic acids is 1. The van der Waals surface area contributed by atoms with Gasteiger partial charge in [-0.2, -0.15) is 0 Å². The second-order valence-electron chi connectivity index (χ2n) is 5.52. The molecule has 0 unspecified atom stereocenters. The number of urea groups is 1. The summed E-state index contributed by atoms with van der Waals surface area (Å²) in [5.74, 6) is -0.0305. The molecule has 1 aromatic heterocycles. The molecule has 0 bridgehead atoms. The minimum absolute atomic E-state index is 0.359. The van der Waals surface area contributed by atoms with E-state index in [-0.39, 0.29) is 11.8 Å². The van der Waals surface area contributed by atoms with Gasteiger partial charge in [0.1, 0.15) is 11.6 Å². The summed E-state index contributed by atoms with van der Waals surface area (Å²) in [5, 5.41) is 4.05. The van der Waals surface area contributed by atoms with Crippen LogP contribution in [0.25, 0.3) is 0 Å². The van der Waals surface area contributed by atoms with E-state index in [1.165, 1.54) is 23.2 Å². The molecule has 0 aliphatic rings. The van der Waals surface area contributed by atoms with Gasteiger partial charge < -0.3 is 4.74 Å². The third-order valence-electron chi connectivity index (χ3n) is 3.43. The molecule has 3 rings (SSSR count). The molecule has 0 atom stereocenters. The van der Waals surface area contributed by atoms with Crippen molar-refractivity contribution in [1.29, 1.82) is 0 Å². The van der Waals surface area contributed by atoms with Gasteiger partial charge in [-0.05, 0) is 42.8 Å². The molecule has 0 spiro atoms. The topological polar surface area (TPSA) is 54.5 Å². The zero-order chi connectivity index (χ0) is 18.7. The van der Waals surface area contributed by atoms with Gasteiger partial charge in [0.25, 0.3) is 0 Å². The smallest absolute Gasteiger partial charge is 0.327 e. The maximum Gasteiger partial charge on any atom is 0.327 e. The lowest BCUT2D eigenvalue weighted by Gasteiger charge is -2.18. The molecule has 0 fully saturated rings. The van der Waals surface area contributed by atoms with E-state index in [0.29, 0.717) is 26.7 Å². The molecule has 3 aromatic rings. The molecule has 0 radical (unpaired) electrons. The third kappa shape index (κ3) is 4.50. The number of nitrogens with zero attached hydrogens (tertiary/aromatic N) is 2. The van der Waals surface area contributed by atoms with Gasteiger partial charge in [-0.25, -0.2) is 14.2 Å². The highest BCUT2D eigenvalue weighted by atomic mass is 35.5. The predicted molar refractivity (Wildman–Crippen MR) is 102 cm³/mol. The van der Waals surface area contributed by atoms with Gasteiger partial charge in [0.15, 0.2) is 5.13 Å². The number of aromatic nitrogens is 1. The first-order valence-corrected chi connectivity index (χ1v) is 8.81. The molecule has 0 saturated carbocycles. The second kappa shape index (κ2) is 7.72. The summed E-state index contributed by atoms with van der Waals surface area (Å²) in [6.07, 6.45) is 1.47. The largest absolute Gasteiger partial charge is 0.445 e. The quantitative estimate of drug-likeness (QED) is 0.620. The number of amides is 2. The van der Waals surface area contributed by atoms with Gasteiger partial charge in [-0.3, -0.25) is 10.2 Å². The Balaban J connectivity index is 1.67. The number of benzene rings is 2. The minimum Gasteiger partial charge on any atom is -0.445 e. The molecule has 26 heavy (non-hydrogen) atoms. The highest BCUT2D eigenvalue weighted by Crippen LogP contribution is 2.31. The van der Waals surface area contributed by atoms with Crippen LogP contribution in [0.3, 0.4) is 0 Å². The molecular weight excluding hydrogens is 377 g/mol. The van der Waals surface area contributed by atoms with Crippen LogP contribution in [0.5, 0.6) is 10.8 Å². The summed E-state index contributed by atoms with van der Waals surface area (Å²) < 4.78 is 18.7. The van der Waals surface area contributed by atoms with Crippen LogP contribution < -0.4 is 15.0 Å². The van der Waals surface area contributed by atoms with Crippen molar-refractivity contribution in [1.82, 2.24) is 4.98 Å². The van der Waals surface area contributed by atoms with E-state index >= 15 is 0 Å². The molecule has 2 aromatic carbocycles. The number of hydrogen-bond donors (Lipinski definition) is 1. The van der Waals surface area contributed by atoms with Crippen molar-refractivity contribution < 1.29 is 13.9 Å². The minimum atomic E-state index is -0.390. The first kappa shape index (κ1) is 18.2. The summed E-state index contributed by atoms with van der Waals surface area (Å²) in [5.41, 5.74) is 1.62. The zero-order valence-electron chi connectivity index (χ0n) is 14.0. The summed E-state index contributed by atoms with van der Waals surface area (Å²) in [6.45, 7) is 1.90. The average molecular weight is 392 g/mol. The Hall–Kier alpha value is -2.64. The summed E-state index contributed by atoms with van der Waals surface area (Å²) in [7, 11) is 1.64. The monoisotopic (exact) mass is 391 g/mol. The first-order valence-electron chi connectivity index (χ1n) is 7.62. The van der Waals surface area contributed by atoms with E-state index in [4.69, 9.17) is 16.3 Å². The SMILES string of the molecule is Cc1cc(Cl)cc(N(C)C(=O)Nc2ncc(Oc3cccc(F)c3)s2)c1. The zero-order valence-corrected chi connectivity index (χ0v) is 15.6. The molecule has 8 heteroatoms. The number of anilines is 2. The maximum atomic E-state index is 13.2. The van der Waals surface area contributed by atoms with E-state index in [1.54, 1.807) is 25.2 Å². The number of aryl methyl sites for hydroxylation is 1. The van der Waals surface area contributed by atoms with Gasteiger partial charge in [0.05, 0.1) is 6.20 Å². The van der Waals surface area contributed by atoms with Crippen LogP contribution in [-0.4, -0.2) is 18.1 Å². The molecule has 134 valence electrons. The highest BCUT2D eigenvalue weighted by Gasteiger charge is 2.14. The van der Waals surface area contributed by atoms with Gasteiger partial charge in [0, 0.05) is 23.8 Å². The molecule has 5 nitrogen and oxygen atoms in total. The van der Waals surface area contributed by atoms with Crippen molar-refractivity contribution in [3.63, 3.8) is 0 Å². The summed E-state index contributed by atoms with van der Waals surface area (Å²) in [6, 6.07) is 10.8. The number of nitrogens with one attached hydrogen (secondary N) is 1. The Morgan fingerprint density at radius 2 is 2.12 bits per heavy atom. The Labute approximate surface area is 159 Å². The van der Waals surface area contributed by atoms with Crippen LogP contribution >= 0.6 is 22.9 Å². The number of halogens is 2. The Morgan fingerprint density at radius 3 is 2.85 bits per heavy atom. The van der Waals surface area contributed by atoms with Gasteiger partial charge in [-0.1, -0.05) is 29.0 Å². The summed E-state index contributed by atoms with van der Waals surface area (Å²) in [4.78, 5) is 17.9. The van der Waals surface area contributed by atoms with Crippen molar-refractivity contribution in [2.75, 3.05) is 17.3 Å². The van der Waals surface area contributed by atoms with Gasteiger partial charge in [-0.15, -0.1) is 0 Å². The molecule has 0 aliphatic carbocycles. The van der Waals surface area contributed by atoms with Crippen LogP contribution in [0.15, 0.2) is 48.7 Å². The van der Waals surface area contributed by atoms with Crippen LogP contribution in [0.1, 0.15) is 5.56 Å². The van der Waals surface area contributed by atoms with Crippen molar-refractivity contribution in [2.45, 2.75) is 6.92 Å². The van der Waals surface area contributed by atoms with Crippen LogP contribution in [0.4, 0.5) is 20.0 Å². The molecule has 0 saturated heterocycles. The van der Waals surface area contributed by atoms with Gasteiger partial charge in [0.2, 0.25) is 5.06 Å². The number of thiazole rings is 1. The molecule has 1 N–H and O–H groups in total. The Kier molecular flexibility index (Phi) is 5.39. The Bertz CT molecular complexity index is 927. The normalized spacial score (nSPS) is 10.5. The lowest BCUT2D eigenvalue weighted by Crippen LogP contribution is -2.31. The van der Waals surface area contributed by atoms with E-state index in [9.17, 15) is 9.18 Å². The fraction of sp³-hybridized carbons (Fsp3) is 0.111. The second-order valence-corrected chi connectivity index (χ2v) is 6.95. The standard InChI is InChI=1S/C18H15ClFN3O2S/c1-11-6-12(19)8-14(7-11)23(2)18(24)22-17-21-10-16(26-17)25-15-5-3-4-13(20)9-15/h3-10H,1-2H3,(H,21,22,24). The van der Waals surface area contributed by atoms with E-state index < -0.39 is 0 Å². The number of carbonyl (C=O) groups is 1. The Morgan fingerprint density at radius 1 is 1.31 bits per heavy atom. The number of hydrogen-bond acceptors (Lipinski definition) is 4. The van der Waals surface area contributed by atoms with E-state index in [2.05, 4.69) is 10.3 Å². The van der Waals surface area contributed by atoms with Crippen LogP contribution in [0.2, 0.25) is 5.02 Å². The maximum absolute atomic E-state index is 13.2. The third-order valence-corrected chi connectivity index (χ3v) is 4.44. The van der Waals surface area contributed by atoms with Gasteiger partial charge >= 0.3 is 6.03 Å². The molecule has 0 aliphatic heterocycles.